The van der Waals surface area contributed by atoms with E-state index in [0.717, 1.165) is 21.9 Å². The number of nitrogens with one attached hydrogen (secondary N) is 1. The lowest BCUT2D eigenvalue weighted by atomic mass is 10.1. The lowest BCUT2D eigenvalue weighted by molar-refractivity contribution is 0.0956. The van der Waals surface area contributed by atoms with Gasteiger partial charge in [0.2, 0.25) is 0 Å². The van der Waals surface area contributed by atoms with Gasteiger partial charge < -0.3 is 10.2 Å². The summed E-state index contributed by atoms with van der Waals surface area (Å²) in [6.07, 6.45) is 0. The Bertz CT molecular complexity index is 759. The Morgan fingerprint density at radius 3 is 2.58 bits per heavy atom. The second-order valence-electron chi connectivity index (χ2n) is 5.33. The Labute approximate surface area is 148 Å². The van der Waals surface area contributed by atoms with Crippen LogP contribution >= 0.6 is 11.8 Å². The molecule has 0 saturated heterocycles. The molecule has 0 heterocycles. The Kier molecular flexibility index (Phi) is 6.77. The predicted octanol–water partition coefficient (Wildman–Crippen LogP) is 3.65. The van der Waals surface area contributed by atoms with Crippen LogP contribution in [0.5, 0.6) is 0 Å². The van der Waals surface area contributed by atoms with Gasteiger partial charge in [-0.05, 0) is 30.0 Å². The molecule has 0 saturated carbocycles. The van der Waals surface area contributed by atoms with Gasteiger partial charge in [-0.3, -0.25) is 4.79 Å². The van der Waals surface area contributed by atoms with Crippen LogP contribution in [0.1, 0.15) is 22.8 Å². The molecule has 2 aromatic rings. The monoisotopic (exact) mass is 338 g/mol. The summed E-state index contributed by atoms with van der Waals surface area (Å²) in [5, 5.41) is 2.88. The van der Waals surface area contributed by atoms with Crippen LogP contribution in [0, 0.1) is 11.8 Å². The molecule has 1 N–H and O–H groups in total. The molecule has 0 radical (unpaired) electrons. The van der Waals surface area contributed by atoms with Crippen molar-refractivity contribution >= 4 is 23.4 Å². The molecule has 0 bridgehead atoms. The average molecular weight is 338 g/mol. The van der Waals surface area contributed by atoms with Crippen LogP contribution in [-0.4, -0.2) is 32.3 Å². The Morgan fingerprint density at radius 1 is 1.12 bits per heavy atom. The third-order valence-corrected chi connectivity index (χ3v) is 4.33. The zero-order valence-corrected chi connectivity index (χ0v) is 15.1. The molecule has 1 amide bonds. The second-order valence-corrected chi connectivity index (χ2v) is 6.63. The highest BCUT2D eigenvalue weighted by molar-refractivity contribution is 7.99. The first-order valence-corrected chi connectivity index (χ1v) is 8.87. The summed E-state index contributed by atoms with van der Waals surface area (Å²) in [7, 11) is 3.98. The van der Waals surface area contributed by atoms with Crippen molar-refractivity contribution < 1.29 is 4.79 Å². The standard InChI is InChI=1S/C20H22N2OS/c1-4-24-19-14-8-6-12-17(19)20(23)21-15-9-11-16-10-5-7-13-18(16)22(2)3/h5-8,10,12-14H,4,15H2,1-3H3,(H,21,23). The van der Waals surface area contributed by atoms with Crippen molar-refractivity contribution in [3.63, 3.8) is 0 Å². The van der Waals surface area contributed by atoms with E-state index in [1.54, 1.807) is 11.8 Å². The van der Waals surface area contributed by atoms with Gasteiger partial charge >= 0.3 is 0 Å². The van der Waals surface area contributed by atoms with Crippen molar-refractivity contribution in [1.29, 1.82) is 0 Å². The maximum absolute atomic E-state index is 12.3. The van der Waals surface area contributed by atoms with Crippen LogP contribution in [0.3, 0.4) is 0 Å². The SMILES string of the molecule is CCSc1ccccc1C(=O)NCC#Cc1ccccc1N(C)C. The molecule has 2 rings (SSSR count). The zero-order chi connectivity index (χ0) is 17.4. The summed E-state index contributed by atoms with van der Waals surface area (Å²) in [5.74, 6) is 7.02. The van der Waals surface area contributed by atoms with Gasteiger partial charge in [0.25, 0.3) is 5.91 Å². The van der Waals surface area contributed by atoms with Gasteiger partial charge in [-0.2, -0.15) is 0 Å². The van der Waals surface area contributed by atoms with Crippen molar-refractivity contribution in [2.75, 3.05) is 31.3 Å². The topological polar surface area (TPSA) is 32.3 Å². The minimum Gasteiger partial charge on any atom is -0.377 e. The van der Waals surface area contributed by atoms with Crippen molar-refractivity contribution in [3.05, 3.63) is 59.7 Å². The third kappa shape index (κ3) is 4.81. The molecule has 4 heteroatoms. The number of hydrogen-bond acceptors (Lipinski definition) is 3. The van der Waals surface area contributed by atoms with Gasteiger partial charge in [-0.15, -0.1) is 11.8 Å². The molecule has 3 nitrogen and oxygen atoms in total. The summed E-state index contributed by atoms with van der Waals surface area (Å²) in [6, 6.07) is 15.6. The molecule has 0 aromatic heterocycles. The highest BCUT2D eigenvalue weighted by atomic mass is 32.2. The highest BCUT2D eigenvalue weighted by Crippen LogP contribution is 2.22. The molecule has 0 aliphatic heterocycles. The van der Waals surface area contributed by atoms with Crippen LogP contribution in [0.15, 0.2) is 53.4 Å². The van der Waals surface area contributed by atoms with E-state index in [4.69, 9.17) is 0 Å². The Morgan fingerprint density at radius 2 is 1.83 bits per heavy atom. The average Bonchev–Trinajstić information content (AvgIpc) is 2.59. The lowest BCUT2D eigenvalue weighted by Gasteiger charge is -2.13. The van der Waals surface area contributed by atoms with Crippen molar-refractivity contribution in [3.8, 4) is 11.8 Å². The summed E-state index contributed by atoms with van der Waals surface area (Å²) < 4.78 is 0. The van der Waals surface area contributed by atoms with Crippen LogP contribution in [0.25, 0.3) is 0 Å². The number of carbonyl (C=O) groups is 1. The zero-order valence-electron chi connectivity index (χ0n) is 14.3. The van der Waals surface area contributed by atoms with Gasteiger partial charge in [-0.1, -0.05) is 43.0 Å². The first-order chi connectivity index (χ1) is 11.6. The fourth-order valence-corrected chi connectivity index (χ4v) is 3.07. The van der Waals surface area contributed by atoms with E-state index in [9.17, 15) is 4.79 Å². The number of carbonyl (C=O) groups excluding carboxylic acids is 1. The van der Waals surface area contributed by atoms with Crippen LogP contribution in [0.2, 0.25) is 0 Å². The Hall–Kier alpha value is -2.38. The van der Waals surface area contributed by atoms with Gasteiger partial charge in [0, 0.05) is 24.6 Å². The van der Waals surface area contributed by atoms with Gasteiger partial charge in [0.15, 0.2) is 0 Å². The number of hydrogen-bond donors (Lipinski definition) is 1. The largest absolute Gasteiger partial charge is 0.377 e. The lowest BCUT2D eigenvalue weighted by Crippen LogP contribution is -2.24. The highest BCUT2D eigenvalue weighted by Gasteiger charge is 2.09. The maximum Gasteiger partial charge on any atom is 0.253 e. The van der Waals surface area contributed by atoms with E-state index in [1.165, 1.54) is 0 Å². The van der Waals surface area contributed by atoms with Gasteiger partial charge in [0.1, 0.15) is 0 Å². The number of rotatable bonds is 5. The molecule has 0 fully saturated rings. The first kappa shape index (κ1) is 18.0. The molecule has 0 aliphatic rings. The predicted molar refractivity (Wildman–Crippen MR) is 103 cm³/mol. The first-order valence-electron chi connectivity index (χ1n) is 7.88. The summed E-state index contributed by atoms with van der Waals surface area (Å²) >= 11 is 1.67. The van der Waals surface area contributed by atoms with E-state index in [2.05, 4.69) is 24.1 Å². The molecule has 24 heavy (non-hydrogen) atoms. The van der Waals surface area contributed by atoms with Crippen molar-refractivity contribution in [2.45, 2.75) is 11.8 Å². The molecule has 0 unspecified atom stereocenters. The quantitative estimate of drug-likeness (QED) is 0.667. The fraction of sp³-hybridized carbons (Fsp3) is 0.250. The summed E-state index contributed by atoms with van der Waals surface area (Å²) in [5.41, 5.74) is 2.74. The van der Waals surface area contributed by atoms with Crippen LogP contribution in [-0.2, 0) is 0 Å². The molecule has 0 aliphatic carbocycles. The summed E-state index contributed by atoms with van der Waals surface area (Å²) in [6.45, 7) is 2.40. The maximum atomic E-state index is 12.3. The number of thioether (sulfide) groups is 1. The number of benzene rings is 2. The van der Waals surface area contributed by atoms with E-state index in [0.29, 0.717) is 12.1 Å². The summed E-state index contributed by atoms with van der Waals surface area (Å²) in [4.78, 5) is 15.4. The molecule has 0 atom stereocenters. The van der Waals surface area contributed by atoms with Crippen molar-refractivity contribution in [1.82, 2.24) is 5.32 Å². The van der Waals surface area contributed by atoms with Gasteiger partial charge in [0.05, 0.1) is 17.8 Å². The fourth-order valence-electron chi connectivity index (χ4n) is 2.26. The molecular weight excluding hydrogens is 316 g/mol. The number of para-hydroxylation sites is 1. The molecule has 2 aromatic carbocycles. The number of anilines is 1. The number of nitrogens with zero attached hydrogens (tertiary/aromatic N) is 1. The van der Waals surface area contributed by atoms with Gasteiger partial charge in [-0.25, -0.2) is 0 Å². The third-order valence-electron chi connectivity index (χ3n) is 3.38. The van der Waals surface area contributed by atoms with Crippen LogP contribution < -0.4 is 10.2 Å². The number of amides is 1. The smallest absolute Gasteiger partial charge is 0.253 e. The molecular formula is C20H22N2OS. The van der Waals surface area contributed by atoms with E-state index in [1.807, 2.05) is 67.5 Å². The Balaban J connectivity index is 2.02. The van der Waals surface area contributed by atoms with E-state index >= 15 is 0 Å². The normalized spacial score (nSPS) is 9.79. The van der Waals surface area contributed by atoms with E-state index in [-0.39, 0.29) is 5.91 Å². The molecule has 0 spiro atoms. The second kappa shape index (κ2) is 9.05. The minimum atomic E-state index is -0.0817. The van der Waals surface area contributed by atoms with Crippen molar-refractivity contribution in [2.24, 2.45) is 0 Å². The molecule has 124 valence electrons. The minimum absolute atomic E-state index is 0.0817. The van der Waals surface area contributed by atoms with E-state index < -0.39 is 0 Å². The van der Waals surface area contributed by atoms with Crippen LogP contribution in [0.4, 0.5) is 5.69 Å².